The number of fused-ring (bicyclic) bond motifs is 1. The molecule has 0 aromatic heterocycles. The van der Waals surface area contributed by atoms with Gasteiger partial charge in [-0.25, -0.2) is 0 Å². The third-order valence-corrected chi connectivity index (χ3v) is 3.98. The van der Waals surface area contributed by atoms with Gasteiger partial charge in [0.2, 0.25) is 5.75 Å². The van der Waals surface area contributed by atoms with E-state index in [2.05, 4.69) is 0 Å². The highest BCUT2D eigenvalue weighted by molar-refractivity contribution is 6.04. The first-order valence-electron chi connectivity index (χ1n) is 7.40. The van der Waals surface area contributed by atoms with Gasteiger partial charge in [0.1, 0.15) is 23.2 Å². The minimum Gasteiger partial charge on any atom is -0.508 e. The van der Waals surface area contributed by atoms with Crippen LogP contribution < -0.4 is 18.9 Å². The maximum atomic E-state index is 12.7. The largest absolute Gasteiger partial charge is 0.508 e. The van der Waals surface area contributed by atoms with Gasteiger partial charge < -0.3 is 24.1 Å². The van der Waals surface area contributed by atoms with E-state index in [-0.39, 0.29) is 18.0 Å². The number of carbonyl (C=O) groups excluding carboxylic acids is 1. The lowest BCUT2D eigenvalue weighted by molar-refractivity contribution is 0.0842. The molecule has 0 amide bonds. The van der Waals surface area contributed by atoms with E-state index in [0.29, 0.717) is 28.6 Å². The van der Waals surface area contributed by atoms with Gasteiger partial charge in [-0.15, -0.1) is 0 Å². The van der Waals surface area contributed by atoms with Gasteiger partial charge in [-0.2, -0.15) is 0 Å². The first-order chi connectivity index (χ1) is 11.6. The van der Waals surface area contributed by atoms with Crippen molar-refractivity contribution >= 4 is 5.78 Å². The zero-order chi connectivity index (χ0) is 17.3. The monoisotopic (exact) mass is 330 g/mol. The second-order valence-electron chi connectivity index (χ2n) is 5.34. The summed E-state index contributed by atoms with van der Waals surface area (Å²) in [6.07, 6.45) is -0.266. The Balaban J connectivity index is 2.07. The van der Waals surface area contributed by atoms with Crippen molar-refractivity contribution in [3.05, 3.63) is 41.5 Å². The lowest BCUT2D eigenvalue weighted by Gasteiger charge is -2.28. The Hall–Kier alpha value is -2.89. The molecular formula is C18H18O6. The Kier molecular flexibility index (Phi) is 4.20. The third kappa shape index (κ3) is 2.60. The van der Waals surface area contributed by atoms with Crippen molar-refractivity contribution in [3.63, 3.8) is 0 Å². The fourth-order valence-corrected chi connectivity index (χ4v) is 2.83. The zero-order valence-corrected chi connectivity index (χ0v) is 13.7. The van der Waals surface area contributed by atoms with Crippen LogP contribution in [0.1, 0.15) is 28.4 Å². The molecule has 1 aliphatic rings. The smallest absolute Gasteiger partial charge is 0.204 e. The summed E-state index contributed by atoms with van der Waals surface area (Å²) < 4.78 is 22.0. The van der Waals surface area contributed by atoms with E-state index in [0.717, 1.165) is 5.56 Å². The van der Waals surface area contributed by atoms with Crippen LogP contribution in [0.25, 0.3) is 0 Å². The highest BCUT2D eigenvalue weighted by Gasteiger charge is 2.34. The van der Waals surface area contributed by atoms with Crippen LogP contribution in [0.4, 0.5) is 0 Å². The molecule has 126 valence electrons. The summed E-state index contributed by atoms with van der Waals surface area (Å²) in [6, 6.07) is 8.22. The number of methoxy groups -OCH3 is 3. The zero-order valence-electron chi connectivity index (χ0n) is 13.7. The first-order valence-corrected chi connectivity index (χ1v) is 7.40. The van der Waals surface area contributed by atoms with E-state index in [1.54, 1.807) is 30.3 Å². The summed E-state index contributed by atoms with van der Waals surface area (Å²) in [7, 11) is 4.46. The van der Waals surface area contributed by atoms with Crippen molar-refractivity contribution in [2.24, 2.45) is 0 Å². The van der Waals surface area contributed by atoms with Crippen molar-refractivity contribution in [2.75, 3.05) is 21.3 Å². The number of rotatable bonds is 4. The molecule has 0 fully saturated rings. The van der Waals surface area contributed by atoms with Crippen LogP contribution in [0.15, 0.2) is 30.3 Å². The van der Waals surface area contributed by atoms with E-state index in [1.807, 2.05) is 0 Å². The van der Waals surface area contributed by atoms with Crippen molar-refractivity contribution in [2.45, 2.75) is 12.5 Å². The van der Waals surface area contributed by atoms with E-state index < -0.39 is 6.10 Å². The molecule has 3 rings (SSSR count). The number of carbonyl (C=O) groups is 1. The molecule has 24 heavy (non-hydrogen) atoms. The number of hydrogen-bond acceptors (Lipinski definition) is 6. The lowest BCUT2D eigenvalue weighted by atomic mass is 9.95. The van der Waals surface area contributed by atoms with Gasteiger partial charge >= 0.3 is 0 Å². The molecule has 0 bridgehead atoms. The fourth-order valence-electron chi connectivity index (χ4n) is 2.83. The molecular weight excluding hydrogens is 312 g/mol. The van der Waals surface area contributed by atoms with Crippen molar-refractivity contribution in [1.29, 1.82) is 0 Å². The Bertz CT molecular complexity index is 766. The molecule has 0 saturated carbocycles. The fraction of sp³-hybridized carbons (Fsp3) is 0.278. The van der Waals surface area contributed by atoms with Gasteiger partial charge in [-0.3, -0.25) is 4.79 Å². The second kappa shape index (κ2) is 6.31. The molecule has 0 saturated heterocycles. The number of phenols is 1. The van der Waals surface area contributed by atoms with Gasteiger partial charge in [0, 0.05) is 6.07 Å². The Morgan fingerprint density at radius 2 is 1.71 bits per heavy atom. The molecule has 1 atom stereocenters. The summed E-state index contributed by atoms with van der Waals surface area (Å²) in [6.45, 7) is 0. The van der Waals surface area contributed by atoms with Gasteiger partial charge in [0.15, 0.2) is 17.3 Å². The maximum Gasteiger partial charge on any atom is 0.204 e. The van der Waals surface area contributed by atoms with E-state index >= 15 is 0 Å². The summed E-state index contributed by atoms with van der Waals surface area (Å²) in [5.74, 6) is 1.53. The molecule has 1 heterocycles. The lowest BCUT2D eigenvalue weighted by Crippen LogP contribution is -2.21. The second-order valence-corrected chi connectivity index (χ2v) is 5.34. The van der Waals surface area contributed by atoms with E-state index in [4.69, 9.17) is 18.9 Å². The molecule has 1 aliphatic heterocycles. The van der Waals surface area contributed by atoms with Crippen molar-refractivity contribution in [1.82, 2.24) is 0 Å². The summed E-state index contributed by atoms with van der Waals surface area (Å²) in [5, 5.41) is 9.40. The Morgan fingerprint density at radius 1 is 1.04 bits per heavy atom. The van der Waals surface area contributed by atoms with Gasteiger partial charge in [0.05, 0.1) is 27.8 Å². The van der Waals surface area contributed by atoms with Gasteiger partial charge in [-0.05, 0) is 17.7 Å². The maximum absolute atomic E-state index is 12.7. The summed E-state index contributed by atoms with van der Waals surface area (Å²) in [4.78, 5) is 12.7. The number of Topliss-reactive ketones (excluding diaryl/α,β-unsaturated/α-hetero) is 1. The molecule has 0 spiro atoms. The average molecular weight is 330 g/mol. The number of phenolic OH excluding ortho intramolecular Hbond substituents is 1. The van der Waals surface area contributed by atoms with Crippen molar-refractivity contribution < 1.29 is 28.8 Å². The molecule has 6 nitrogen and oxygen atoms in total. The van der Waals surface area contributed by atoms with Crippen LogP contribution >= 0.6 is 0 Å². The summed E-state index contributed by atoms with van der Waals surface area (Å²) in [5.41, 5.74) is 1.16. The SMILES string of the molecule is COc1cc2c(c(OC)c1OC)C(=O)CC(c1ccc(O)cc1)O2. The van der Waals surface area contributed by atoms with Crippen LogP contribution in [-0.4, -0.2) is 32.2 Å². The standard InChI is InChI=1S/C18H18O6/c1-21-15-9-14-16(18(23-3)17(15)22-2)12(20)8-13(24-14)10-4-6-11(19)7-5-10/h4-7,9,13,19H,8H2,1-3H3. The van der Waals surface area contributed by atoms with Gasteiger partial charge in [0.25, 0.3) is 0 Å². The van der Waals surface area contributed by atoms with Crippen LogP contribution in [0, 0.1) is 0 Å². The Morgan fingerprint density at radius 3 is 2.29 bits per heavy atom. The first kappa shape index (κ1) is 16.0. The number of ketones is 1. The quantitative estimate of drug-likeness (QED) is 0.928. The molecule has 6 heteroatoms. The molecule has 1 N–H and O–H groups in total. The topological polar surface area (TPSA) is 74.2 Å². The molecule has 2 aromatic rings. The van der Waals surface area contributed by atoms with E-state index in [9.17, 15) is 9.90 Å². The minimum atomic E-state index is -0.437. The summed E-state index contributed by atoms with van der Waals surface area (Å²) >= 11 is 0. The molecule has 2 aromatic carbocycles. The number of hydrogen-bond donors (Lipinski definition) is 1. The normalized spacial score (nSPS) is 16.1. The Labute approximate surface area is 139 Å². The predicted octanol–water partition coefficient (Wildman–Crippen LogP) is 3.12. The third-order valence-electron chi connectivity index (χ3n) is 3.98. The van der Waals surface area contributed by atoms with Crippen LogP contribution in [-0.2, 0) is 0 Å². The minimum absolute atomic E-state index is 0.105. The molecule has 0 radical (unpaired) electrons. The van der Waals surface area contributed by atoms with Crippen LogP contribution in [0.3, 0.4) is 0 Å². The highest BCUT2D eigenvalue weighted by atomic mass is 16.5. The number of ether oxygens (including phenoxy) is 4. The number of benzene rings is 2. The average Bonchev–Trinajstić information content (AvgIpc) is 2.60. The number of aromatic hydroxyl groups is 1. The van der Waals surface area contributed by atoms with Crippen molar-refractivity contribution in [3.8, 4) is 28.7 Å². The van der Waals surface area contributed by atoms with Gasteiger partial charge in [-0.1, -0.05) is 12.1 Å². The highest BCUT2D eigenvalue weighted by Crippen LogP contribution is 2.49. The van der Waals surface area contributed by atoms with Crippen LogP contribution in [0.5, 0.6) is 28.7 Å². The van der Waals surface area contributed by atoms with Crippen LogP contribution in [0.2, 0.25) is 0 Å². The predicted molar refractivity (Wildman–Crippen MR) is 86.5 cm³/mol. The molecule has 1 unspecified atom stereocenters. The van der Waals surface area contributed by atoms with E-state index in [1.165, 1.54) is 21.3 Å². The molecule has 0 aliphatic carbocycles.